The highest BCUT2D eigenvalue weighted by molar-refractivity contribution is 5.85. The highest BCUT2D eigenvalue weighted by Crippen LogP contribution is 2.70. The Morgan fingerprint density at radius 3 is 2.51 bits per heavy atom. The van der Waals surface area contributed by atoms with E-state index in [1.165, 1.54) is 14.0 Å². The second kappa shape index (κ2) is 10.6. The first kappa shape index (κ1) is 29.5. The van der Waals surface area contributed by atoms with Crippen LogP contribution in [0.25, 0.3) is 0 Å². The van der Waals surface area contributed by atoms with E-state index in [-0.39, 0.29) is 34.7 Å². The van der Waals surface area contributed by atoms with Crippen molar-refractivity contribution in [3.63, 3.8) is 0 Å². The molecule has 9 heteroatoms. The molecule has 0 radical (unpaired) electrons. The standard InChI is InChI=1S/C32H48O9/c1-17-26(35)27(37-5)28(40-18(2)33)29(39-17)41-21-8-11-30(3)20(15-21)6-7-24-23(30)9-12-31(4)22(10-13-32(24,31)36)19-14-25(34)38-16-19/h14,17,20-24,26-29,35-36H,6-13,15-16H2,1-5H3/t17-,20-,21-,22-,23+,24-,26-,27-,28+,29-,30-,31+,32-/m0/s1. The third-order valence-electron chi connectivity index (χ3n) is 12.6. The number of rotatable bonds is 5. The van der Waals surface area contributed by atoms with Gasteiger partial charge in [0.15, 0.2) is 12.4 Å². The van der Waals surface area contributed by atoms with Gasteiger partial charge < -0.3 is 33.9 Å². The summed E-state index contributed by atoms with van der Waals surface area (Å²) >= 11 is 0. The van der Waals surface area contributed by atoms with E-state index >= 15 is 0 Å². The number of aliphatic hydroxyl groups is 2. The van der Waals surface area contributed by atoms with Crippen LogP contribution in [-0.4, -0.2) is 78.3 Å². The number of hydrogen-bond donors (Lipinski definition) is 2. The molecule has 230 valence electrons. The van der Waals surface area contributed by atoms with Gasteiger partial charge >= 0.3 is 11.9 Å². The van der Waals surface area contributed by atoms with Crippen molar-refractivity contribution in [3.05, 3.63) is 11.6 Å². The lowest BCUT2D eigenvalue weighted by molar-refractivity contribution is -0.315. The van der Waals surface area contributed by atoms with Crippen molar-refractivity contribution < 1.29 is 43.5 Å². The van der Waals surface area contributed by atoms with Crippen LogP contribution >= 0.6 is 0 Å². The fraction of sp³-hybridized carbons (Fsp3) is 0.875. The summed E-state index contributed by atoms with van der Waals surface area (Å²) < 4.78 is 28.9. The Morgan fingerprint density at radius 1 is 1.05 bits per heavy atom. The van der Waals surface area contributed by atoms with Crippen molar-refractivity contribution in [1.82, 2.24) is 0 Å². The summed E-state index contributed by atoms with van der Waals surface area (Å²) in [5.41, 5.74) is 0.221. The van der Waals surface area contributed by atoms with Gasteiger partial charge in [-0.15, -0.1) is 0 Å². The molecule has 2 N–H and O–H groups in total. The van der Waals surface area contributed by atoms with Gasteiger partial charge in [-0.1, -0.05) is 13.8 Å². The lowest BCUT2D eigenvalue weighted by Crippen LogP contribution is -2.63. The summed E-state index contributed by atoms with van der Waals surface area (Å²) in [4.78, 5) is 23.7. The molecule has 2 aliphatic heterocycles. The molecule has 4 saturated carbocycles. The van der Waals surface area contributed by atoms with Crippen LogP contribution in [0.2, 0.25) is 0 Å². The van der Waals surface area contributed by atoms with E-state index in [4.69, 9.17) is 23.7 Å². The molecule has 41 heavy (non-hydrogen) atoms. The Balaban J connectivity index is 1.16. The van der Waals surface area contributed by atoms with Gasteiger partial charge in [-0.05, 0) is 99.4 Å². The number of fused-ring (bicyclic) bond motifs is 5. The molecule has 0 aromatic rings. The maximum Gasteiger partial charge on any atom is 0.331 e. The van der Waals surface area contributed by atoms with E-state index in [9.17, 15) is 19.8 Å². The minimum Gasteiger partial charge on any atom is -0.458 e. The number of carbonyl (C=O) groups excluding carboxylic acids is 2. The summed E-state index contributed by atoms with van der Waals surface area (Å²) in [5, 5.41) is 23.1. The maximum absolute atomic E-state index is 12.5. The molecule has 13 atom stereocenters. The highest BCUT2D eigenvalue weighted by Gasteiger charge is 2.67. The molecule has 0 bridgehead atoms. The maximum atomic E-state index is 12.5. The first-order valence-corrected chi connectivity index (χ1v) is 15.7. The van der Waals surface area contributed by atoms with Gasteiger partial charge in [0, 0.05) is 25.5 Å². The van der Waals surface area contributed by atoms with Crippen molar-refractivity contribution in [1.29, 1.82) is 0 Å². The van der Waals surface area contributed by atoms with Gasteiger partial charge in [0.1, 0.15) is 18.8 Å². The second-order valence-electron chi connectivity index (χ2n) is 14.3. The molecule has 9 nitrogen and oxygen atoms in total. The van der Waals surface area contributed by atoms with Crippen LogP contribution in [0.5, 0.6) is 0 Å². The molecule has 0 aromatic carbocycles. The number of methoxy groups -OCH3 is 1. The van der Waals surface area contributed by atoms with E-state index in [0.29, 0.717) is 18.4 Å². The topological polar surface area (TPSA) is 121 Å². The molecule has 0 unspecified atom stereocenters. The number of cyclic esters (lactones) is 1. The van der Waals surface area contributed by atoms with Crippen LogP contribution in [0.3, 0.4) is 0 Å². The summed E-state index contributed by atoms with van der Waals surface area (Å²) in [6.45, 7) is 8.19. The van der Waals surface area contributed by atoms with E-state index in [1.54, 1.807) is 13.0 Å². The zero-order valence-electron chi connectivity index (χ0n) is 25.2. The fourth-order valence-corrected chi connectivity index (χ4v) is 10.4. The predicted molar refractivity (Wildman–Crippen MR) is 147 cm³/mol. The van der Waals surface area contributed by atoms with Gasteiger partial charge in [0.25, 0.3) is 0 Å². The molecule has 4 aliphatic carbocycles. The van der Waals surface area contributed by atoms with E-state index in [0.717, 1.165) is 63.4 Å². The quantitative estimate of drug-likeness (QED) is 0.373. The molecular weight excluding hydrogens is 528 g/mol. The Hall–Kier alpha value is -1.52. The van der Waals surface area contributed by atoms with E-state index in [2.05, 4.69) is 13.8 Å². The third-order valence-corrected chi connectivity index (χ3v) is 12.6. The van der Waals surface area contributed by atoms with Gasteiger partial charge in [-0.25, -0.2) is 4.79 Å². The molecule has 2 heterocycles. The molecule has 1 saturated heterocycles. The predicted octanol–water partition coefficient (Wildman–Crippen LogP) is 3.68. The van der Waals surface area contributed by atoms with Crippen LogP contribution in [0, 0.1) is 34.5 Å². The monoisotopic (exact) mass is 576 g/mol. The summed E-state index contributed by atoms with van der Waals surface area (Å²) in [6, 6.07) is 0. The van der Waals surface area contributed by atoms with Crippen LogP contribution in [0.15, 0.2) is 11.6 Å². The lowest BCUT2D eigenvalue weighted by Gasteiger charge is -2.64. The molecule has 6 aliphatic rings. The highest BCUT2D eigenvalue weighted by atomic mass is 16.7. The van der Waals surface area contributed by atoms with Crippen LogP contribution in [0.4, 0.5) is 0 Å². The second-order valence-corrected chi connectivity index (χ2v) is 14.3. The lowest BCUT2D eigenvalue weighted by atomic mass is 9.43. The Labute approximate surface area is 243 Å². The molecule has 0 amide bonds. The zero-order valence-corrected chi connectivity index (χ0v) is 25.2. The zero-order chi connectivity index (χ0) is 29.3. The van der Waals surface area contributed by atoms with Gasteiger partial charge in [-0.2, -0.15) is 0 Å². The summed E-state index contributed by atoms with van der Waals surface area (Å²) in [5.74, 6) is 0.650. The Kier molecular flexibility index (Phi) is 7.62. The molecule has 0 aromatic heterocycles. The third kappa shape index (κ3) is 4.60. The van der Waals surface area contributed by atoms with E-state index in [1.807, 2.05) is 0 Å². The molecule has 0 spiro atoms. The Morgan fingerprint density at radius 2 is 1.83 bits per heavy atom. The summed E-state index contributed by atoms with van der Waals surface area (Å²) in [7, 11) is 1.50. The van der Waals surface area contributed by atoms with Crippen molar-refractivity contribution >= 4 is 11.9 Å². The largest absolute Gasteiger partial charge is 0.458 e. The number of hydrogen-bond acceptors (Lipinski definition) is 9. The fourth-order valence-electron chi connectivity index (χ4n) is 10.4. The smallest absolute Gasteiger partial charge is 0.331 e. The van der Waals surface area contributed by atoms with Gasteiger partial charge in [0.05, 0.1) is 17.8 Å². The average molecular weight is 577 g/mol. The van der Waals surface area contributed by atoms with E-state index < -0.39 is 42.3 Å². The SMILES string of the molecule is CO[C@H]1[C@@H](O)[C@H](C)O[C@@H](O[C@H]2CC[C@@]3(C)[C@@H](CC[C@H]4[C@H]3CC[C@]3(C)[C@H](C5=CC(=O)OC5)CC[C@]43O)C2)[C@@H]1OC(C)=O. The van der Waals surface area contributed by atoms with Crippen LogP contribution in [0.1, 0.15) is 85.5 Å². The van der Waals surface area contributed by atoms with Crippen LogP contribution < -0.4 is 0 Å². The summed E-state index contributed by atoms with van der Waals surface area (Å²) in [6.07, 6.45) is 6.35. The van der Waals surface area contributed by atoms with Crippen molar-refractivity contribution in [2.75, 3.05) is 13.7 Å². The number of esters is 2. The number of ether oxygens (including phenoxy) is 5. The normalized spacial score (nSPS) is 51.2. The van der Waals surface area contributed by atoms with Crippen LogP contribution in [-0.2, 0) is 33.3 Å². The van der Waals surface area contributed by atoms with Crippen molar-refractivity contribution in [2.45, 2.75) is 128 Å². The number of carbonyl (C=O) groups is 2. The number of aliphatic hydroxyl groups excluding tert-OH is 1. The molecule has 5 fully saturated rings. The average Bonchev–Trinajstić information content (AvgIpc) is 3.46. The van der Waals surface area contributed by atoms with Crippen molar-refractivity contribution in [3.8, 4) is 0 Å². The first-order chi connectivity index (χ1) is 19.4. The first-order valence-electron chi connectivity index (χ1n) is 15.7. The van der Waals surface area contributed by atoms with Gasteiger partial charge in [0.2, 0.25) is 0 Å². The molecule has 6 rings (SSSR count). The van der Waals surface area contributed by atoms with Gasteiger partial charge in [-0.3, -0.25) is 4.79 Å². The minimum atomic E-state index is -0.926. The molecular formula is C32H48O9. The minimum absolute atomic E-state index is 0.0488. The van der Waals surface area contributed by atoms with Crippen molar-refractivity contribution in [2.24, 2.45) is 34.5 Å². The Bertz CT molecular complexity index is 1080.